The second-order valence-corrected chi connectivity index (χ2v) is 5.95. The maximum atomic E-state index is 12.3. The predicted molar refractivity (Wildman–Crippen MR) is 82.5 cm³/mol. The van der Waals surface area contributed by atoms with Gasteiger partial charge in [0.2, 0.25) is 5.91 Å². The van der Waals surface area contributed by atoms with Gasteiger partial charge in [0.15, 0.2) is 0 Å². The maximum Gasteiger partial charge on any atom is 0.303 e. The summed E-state index contributed by atoms with van der Waals surface area (Å²) in [6.07, 6.45) is 1.31. The SMILES string of the molecule is Cc1ccc(C[C@H]2[C@@H](O)CCCN2C(=O)CCC(=O)O)cc1. The Morgan fingerprint density at radius 1 is 1.23 bits per heavy atom. The summed E-state index contributed by atoms with van der Waals surface area (Å²) in [6.45, 7) is 2.60. The normalized spacial score (nSPS) is 21.6. The van der Waals surface area contributed by atoms with E-state index in [-0.39, 0.29) is 24.8 Å². The number of amides is 1. The van der Waals surface area contributed by atoms with Gasteiger partial charge in [0, 0.05) is 13.0 Å². The highest BCUT2D eigenvalue weighted by Crippen LogP contribution is 2.22. The molecule has 1 aromatic carbocycles. The van der Waals surface area contributed by atoms with Crippen LogP contribution in [-0.4, -0.2) is 45.7 Å². The van der Waals surface area contributed by atoms with Gasteiger partial charge in [-0.1, -0.05) is 29.8 Å². The van der Waals surface area contributed by atoms with E-state index in [1.165, 1.54) is 5.56 Å². The standard InChI is InChI=1S/C17H23NO4/c1-12-4-6-13(7-5-12)11-14-15(19)3-2-10-18(14)16(20)8-9-17(21)22/h4-7,14-15,19H,2-3,8-11H2,1H3,(H,21,22)/t14-,15-/m0/s1. The van der Waals surface area contributed by atoms with Crippen LogP contribution in [0.4, 0.5) is 0 Å². The molecule has 1 aliphatic heterocycles. The van der Waals surface area contributed by atoms with Gasteiger partial charge in [-0.3, -0.25) is 9.59 Å². The van der Waals surface area contributed by atoms with Crippen LogP contribution in [-0.2, 0) is 16.0 Å². The zero-order chi connectivity index (χ0) is 16.1. The first-order valence-corrected chi connectivity index (χ1v) is 7.72. The lowest BCUT2D eigenvalue weighted by atomic mass is 9.92. The molecule has 1 aromatic rings. The zero-order valence-electron chi connectivity index (χ0n) is 12.9. The molecule has 1 amide bonds. The van der Waals surface area contributed by atoms with Gasteiger partial charge in [-0.25, -0.2) is 0 Å². The first-order valence-electron chi connectivity index (χ1n) is 7.72. The summed E-state index contributed by atoms with van der Waals surface area (Å²) in [5.74, 6) is -1.15. The lowest BCUT2D eigenvalue weighted by molar-refractivity contribution is -0.144. The fraction of sp³-hybridized carbons (Fsp3) is 0.529. The summed E-state index contributed by atoms with van der Waals surface area (Å²) in [7, 11) is 0. The minimum Gasteiger partial charge on any atom is -0.481 e. The Kier molecular flexibility index (Phi) is 5.55. The van der Waals surface area contributed by atoms with E-state index in [2.05, 4.69) is 0 Å². The van der Waals surface area contributed by atoms with Crippen LogP contribution in [0, 0.1) is 6.92 Å². The van der Waals surface area contributed by atoms with Crippen molar-refractivity contribution in [2.45, 2.75) is 51.2 Å². The third-order valence-electron chi connectivity index (χ3n) is 4.18. The summed E-state index contributed by atoms with van der Waals surface area (Å²) in [4.78, 5) is 24.6. The van der Waals surface area contributed by atoms with E-state index in [9.17, 15) is 14.7 Å². The molecule has 0 aliphatic carbocycles. The number of aliphatic hydroxyl groups is 1. The molecule has 1 heterocycles. The van der Waals surface area contributed by atoms with Gasteiger partial charge in [0.05, 0.1) is 18.6 Å². The monoisotopic (exact) mass is 305 g/mol. The molecule has 0 unspecified atom stereocenters. The van der Waals surface area contributed by atoms with Crippen molar-refractivity contribution in [2.24, 2.45) is 0 Å². The number of piperidine rings is 1. The van der Waals surface area contributed by atoms with Gasteiger partial charge in [0.25, 0.3) is 0 Å². The van der Waals surface area contributed by atoms with E-state index >= 15 is 0 Å². The van der Waals surface area contributed by atoms with Gasteiger partial charge in [0.1, 0.15) is 0 Å². The number of carboxylic acids is 1. The first kappa shape index (κ1) is 16.5. The molecule has 0 radical (unpaired) electrons. The van der Waals surface area contributed by atoms with Crippen molar-refractivity contribution in [3.8, 4) is 0 Å². The van der Waals surface area contributed by atoms with Gasteiger partial charge >= 0.3 is 5.97 Å². The van der Waals surface area contributed by atoms with E-state index in [1.54, 1.807) is 4.90 Å². The fourth-order valence-electron chi connectivity index (χ4n) is 2.92. The van der Waals surface area contributed by atoms with Crippen molar-refractivity contribution in [1.82, 2.24) is 4.90 Å². The largest absolute Gasteiger partial charge is 0.481 e. The molecule has 0 aromatic heterocycles. The Labute approximate surface area is 130 Å². The van der Waals surface area contributed by atoms with Crippen molar-refractivity contribution in [3.63, 3.8) is 0 Å². The third kappa shape index (κ3) is 4.31. The van der Waals surface area contributed by atoms with Crippen LogP contribution in [0.15, 0.2) is 24.3 Å². The van der Waals surface area contributed by atoms with Crippen molar-refractivity contribution in [1.29, 1.82) is 0 Å². The quantitative estimate of drug-likeness (QED) is 0.869. The summed E-state index contributed by atoms with van der Waals surface area (Å²) in [5, 5.41) is 19.0. The number of nitrogens with zero attached hydrogens (tertiary/aromatic N) is 1. The lowest BCUT2D eigenvalue weighted by Gasteiger charge is -2.39. The van der Waals surface area contributed by atoms with Crippen molar-refractivity contribution in [2.75, 3.05) is 6.54 Å². The topological polar surface area (TPSA) is 77.8 Å². The molecular weight excluding hydrogens is 282 g/mol. The Morgan fingerprint density at radius 3 is 2.55 bits per heavy atom. The zero-order valence-corrected chi connectivity index (χ0v) is 12.9. The number of hydrogen-bond acceptors (Lipinski definition) is 3. The van der Waals surface area contributed by atoms with Crippen LogP contribution in [0.5, 0.6) is 0 Å². The molecule has 0 spiro atoms. The van der Waals surface area contributed by atoms with Crippen LogP contribution in [0.3, 0.4) is 0 Å². The summed E-state index contributed by atoms with van der Waals surface area (Å²) < 4.78 is 0. The molecule has 0 saturated carbocycles. The smallest absolute Gasteiger partial charge is 0.303 e. The molecule has 5 heteroatoms. The van der Waals surface area contributed by atoms with Crippen LogP contribution in [0.2, 0.25) is 0 Å². The number of aliphatic carboxylic acids is 1. The van der Waals surface area contributed by atoms with E-state index in [0.717, 1.165) is 12.0 Å². The average molecular weight is 305 g/mol. The number of hydrogen-bond donors (Lipinski definition) is 2. The van der Waals surface area contributed by atoms with Crippen molar-refractivity contribution < 1.29 is 19.8 Å². The number of carbonyl (C=O) groups excluding carboxylic acids is 1. The number of benzene rings is 1. The minimum absolute atomic E-state index is 0.00749. The highest BCUT2D eigenvalue weighted by atomic mass is 16.4. The van der Waals surface area contributed by atoms with Gasteiger partial charge < -0.3 is 15.1 Å². The molecule has 1 saturated heterocycles. The highest BCUT2D eigenvalue weighted by Gasteiger charge is 2.33. The van der Waals surface area contributed by atoms with Crippen molar-refractivity contribution in [3.05, 3.63) is 35.4 Å². The minimum atomic E-state index is -0.971. The Morgan fingerprint density at radius 2 is 1.91 bits per heavy atom. The van der Waals surface area contributed by atoms with E-state index in [1.807, 2.05) is 31.2 Å². The molecule has 1 fully saturated rings. The lowest BCUT2D eigenvalue weighted by Crippen LogP contribution is -2.52. The van der Waals surface area contributed by atoms with Gasteiger partial charge in [-0.2, -0.15) is 0 Å². The van der Waals surface area contributed by atoms with Crippen molar-refractivity contribution >= 4 is 11.9 Å². The third-order valence-corrected chi connectivity index (χ3v) is 4.18. The fourth-order valence-corrected chi connectivity index (χ4v) is 2.92. The van der Waals surface area contributed by atoms with Gasteiger partial charge in [-0.05, 0) is 31.7 Å². The predicted octanol–water partition coefficient (Wildman–Crippen LogP) is 1.75. The average Bonchev–Trinajstić information content (AvgIpc) is 2.49. The molecule has 1 aliphatic rings. The second kappa shape index (κ2) is 7.40. The molecule has 0 bridgehead atoms. The molecule has 2 N–H and O–H groups in total. The highest BCUT2D eigenvalue weighted by molar-refractivity contribution is 5.81. The van der Waals surface area contributed by atoms with Crippen LogP contribution in [0.1, 0.15) is 36.8 Å². The summed E-state index contributed by atoms with van der Waals surface area (Å²) in [5.41, 5.74) is 2.25. The molecule has 2 atom stereocenters. The number of carboxylic acid groups (broad SMARTS) is 1. The van der Waals surface area contributed by atoms with E-state index in [0.29, 0.717) is 19.4 Å². The Hall–Kier alpha value is -1.88. The van der Waals surface area contributed by atoms with Crippen LogP contribution >= 0.6 is 0 Å². The van der Waals surface area contributed by atoms with Crippen LogP contribution in [0.25, 0.3) is 0 Å². The number of aliphatic hydroxyl groups excluding tert-OH is 1. The number of carbonyl (C=O) groups is 2. The molecule has 5 nitrogen and oxygen atoms in total. The molecule has 22 heavy (non-hydrogen) atoms. The Balaban J connectivity index is 2.07. The maximum absolute atomic E-state index is 12.3. The number of likely N-dealkylation sites (tertiary alicyclic amines) is 1. The number of aryl methyl sites for hydroxylation is 1. The summed E-state index contributed by atoms with van der Waals surface area (Å²) in [6, 6.07) is 7.79. The Bertz CT molecular complexity index is 526. The number of rotatable bonds is 5. The molecule has 120 valence electrons. The summed E-state index contributed by atoms with van der Waals surface area (Å²) >= 11 is 0. The van der Waals surface area contributed by atoms with Gasteiger partial charge in [-0.15, -0.1) is 0 Å². The molecular formula is C17H23NO4. The first-order chi connectivity index (χ1) is 10.5. The van der Waals surface area contributed by atoms with E-state index in [4.69, 9.17) is 5.11 Å². The van der Waals surface area contributed by atoms with E-state index < -0.39 is 12.1 Å². The molecule has 2 rings (SSSR count). The second-order valence-electron chi connectivity index (χ2n) is 5.95. The van der Waals surface area contributed by atoms with Crippen LogP contribution < -0.4 is 0 Å².